The van der Waals surface area contributed by atoms with E-state index in [4.69, 9.17) is 4.98 Å². The van der Waals surface area contributed by atoms with Gasteiger partial charge < -0.3 is 0 Å². The molecule has 0 aliphatic carbocycles. The lowest BCUT2D eigenvalue weighted by molar-refractivity contribution is 0.953. The summed E-state index contributed by atoms with van der Waals surface area (Å²) in [5.74, 6) is 0. The molecule has 126 valence electrons. The summed E-state index contributed by atoms with van der Waals surface area (Å²) in [6.45, 7) is 4.09. The highest BCUT2D eigenvalue weighted by molar-refractivity contribution is 5.97. The minimum atomic E-state index is 0.720. The SMILES string of the molecule is CCCC(Cc1ccc2ccccc2n1)=NN=C(C)c1ccccn1. The Labute approximate surface area is 148 Å². The van der Waals surface area contributed by atoms with Gasteiger partial charge in [-0.05, 0) is 37.6 Å². The normalized spacial score (nSPS) is 12.6. The molecule has 0 aliphatic heterocycles. The molecule has 2 heterocycles. The second kappa shape index (κ2) is 8.29. The molecule has 0 saturated heterocycles. The monoisotopic (exact) mass is 330 g/mol. The summed E-state index contributed by atoms with van der Waals surface area (Å²) >= 11 is 0. The van der Waals surface area contributed by atoms with Crippen molar-refractivity contribution in [2.75, 3.05) is 0 Å². The second-order valence-electron chi connectivity index (χ2n) is 5.99. The molecule has 1 aromatic carbocycles. The summed E-state index contributed by atoms with van der Waals surface area (Å²) in [5.41, 5.74) is 4.76. The molecule has 0 spiro atoms. The van der Waals surface area contributed by atoms with Crippen LogP contribution in [0.2, 0.25) is 0 Å². The van der Waals surface area contributed by atoms with Gasteiger partial charge in [-0.15, -0.1) is 0 Å². The van der Waals surface area contributed by atoms with E-state index in [1.165, 1.54) is 0 Å². The maximum atomic E-state index is 4.74. The van der Waals surface area contributed by atoms with Crippen LogP contribution in [0.5, 0.6) is 0 Å². The number of hydrogen-bond acceptors (Lipinski definition) is 4. The first-order valence-corrected chi connectivity index (χ1v) is 8.62. The van der Waals surface area contributed by atoms with E-state index in [1.807, 2.05) is 43.3 Å². The molecule has 0 fully saturated rings. The molecule has 0 radical (unpaired) electrons. The predicted octanol–water partition coefficient (Wildman–Crippen LogP) is 4.84. The lowest BCUT2D eigenvalue weighted by Crippen LogP contribution is -2.05. The molecule has 0 unspecified atom stereocenters. The van der Waals surface area contributed by atoms with E-state index in [2.05, 4.69) is 40.3 Å². The standard InChI is InChI=1S/C21H22N4/c1-3-8-19(25-24-16(2)20-10-6-7-14-22-20)15-18-13-12-17-9-4-5-11-21(17)23-18/h4-7,9-14H,3,8,15H2,1-2H3. The Hall–Kier alpha value is -2.88. The molecular weight excluding hydrogens is 308 g/mol. The molecule has 0 bridgehead atoms. The van der Waals surface area contributed by atoms with E-state index in [1.54, 1.807) is 6.20 Å². The van der Waals surface area contributed by atoms with Crippen molar-refractivity contribution in [2.45, 2.75) is 33.1 Å². The Balaban J connectivity index is 1.82. The summed E-state index contributed by atoms with van der Waals surface area (Å²) in [4.78, 5) is 9.05. The van der Waals surface area contributed by atoms with Gasteiger partial charge >= 0.3 is 0 Å². The topological polar surface area (TPSA) is 50.5 Å². The van der Waals surface area contributed by atoms with Crippen molar-refractivity contribution >= 4 is 22.3 Å². The van der Waals surface area contributed by atoms with Gasteiger partial charge in [-0.3, -0.25) is 9.97 Å². The second-order valence-corrected chi connectivity index (χ2v) is 5.99. The quantitative estimate of drug-likeness (QED) is 0.480. The van der Waals surface area contributed by atoms with Crippen LogP contribution in [0.25, 0.3) is 10.9 Å². The zero-order valence-corrected chi connectivity index (χ0v) is 14.7. The number of benzene rings is 1. The number of rotatable bonds is 6. The molecule has 2 aromatic heterocycles. The fourth-order valence-electron chi connectivity index (χ4n) is 2.65. The summed E-state index contributed by atoms with van der Waals surface area (Å²) in [6.07, 6.45) is 4.43. The van der Waals surface area contributed by atoms with Crippen LogP contribution in [0, 0.1) is 0 Å². The minimum Gasteiger partial charge on any atom is -0.255 e. The third-order valence-corrected chi connectivity index (χ3v) is 3.96. The first-order valence-electron chi connectivity index (χ1n) is 8.62. The van der Waals surface area contributed by atoms with E-state index < -0.39 is 0 Å². The van der Waals surface area contributed by atoms with Crippen LogP contribution in [-0.4, -0.2) is 21.4 Å². The van der Waals surface area contributed by atoms with Crippen molar-refractivity contribution in [1.29, 1.82) is 0 Å². The van der Waals surface area contributed by atoms with Crippen molar-refractivity contribution in [3.05, 3.63) is 72.2 Å². The minimum absolute atomic E-state index is 0.720. The molecular formula is C21H22N4. The third kappa shape index (κ3) is 4.57. The molecule has 25 heavy (non-hydrogen) atoms. The molecule has 3 aromatic rings. The number of fused-ring (bicyclic) bond motifs is 1. The van der Waals surface area contributed by atoms with Crippen molar-refractivity contribution in [3.63, 3.8) is 0 Å². The number of para-hydroxylation sites is 1. The summed E-state index contributed by atoms with van der Waals surface area (Å²) in [6, 6.07) is 18.1. The Morgan fingerprint density at radius 1 is 0.960 bits per heavy atom. The molecule has 4 nitrogen and oxygen atoms in total. The largest absolute Gasteiger partial charge is 0.255 e. The fourth-order valence-corrected chi connectivity index (χ4v) is 2.65. The Morgan fingerprint density at radius 2 is 1.80 bits per heavy atom. The van der Waals surface area contributed by atoms with Crippen molar-refractivity contribution in [3.8, 4) is 0 Å². The van der Waals surface area contributed by atoms with Gasteiger partial charge in [0.05, 0.1) is 16.9 Å². The van der Waals surface area contributed by atoms with Gasteiger partial charge in [0.25, 0.3) is 0 Å². The summed E-state index contributed by atoms with van der Waals surface area (Å²) < 4.78 is 0. The third-order valence-electron chi connectivity index (χ3n) is 3.96. The smallest absolute Gasteiger partial charge is 0.0860 e. The average Bonchev–Trinajstić information content (AvgIpc) is 2.66. The summed E-state index contributed by atoms with van der Waals surface area (Å²) in [7, 11) is 0. The first-order chi connectivity index (χ1) is 12.3. The zero-order valence-electron chi connectivity index (χ0n) is 14.7. The van der Waals surface area contributed by atoms with Gasteiger partial charge in [0, 0.05) is 29.4 Å². The van der Waals surface area contributed by atoms with Crippen LogP contribution in [0.1, 0.15) is 38.1 Å². The fraction of sp³-hybridized carbons (Fsp3) is 0.238. The maximum Gasteiger partial charge on any atom is 0.0860 e. The molecule has 0 saturated carbocycles. The van der Waals surface area contributed by atoms with E-state index in [-0.39, 0.29) is 0 Å². The number of pyridine rings is 2. The molecule has 0 N–H and O–H groups in total. The Kier molecular flexibility index (Phi) is 5.62. The van der Waals surface area contributed by atoms with Crippen LogP contribution in [0.3, 0.4) is 0 Å². The number of hydrogen-bond donors (Lipinski definition) is 0. The average molecular weight is 330 g/mol. The van der Waals surface area contributed by atoms with Crippen molar-refractivity contribution < 1.29 is 0 Å². The zero-order chi connectivity index (χ0) is 17.5. The van der Waals surface area contributed by atoms with Crippen molar-refractivity contribution in [2.24, 2.45) is 10.2 Å². The number of aromatic nitrogens is 2. The molecule has 0 atom stereocenters. The Bertz CT molecular complexity index is 898. The molecule has 3 rings (SSSR count). The van der Waals surface area contributed by atoms with E-state index in [0.717, 1.165) is 53.0 Å². The lowest BCUT2D eigenvalue weighted by atomic mass is 10.1. The van der Waals surface area contributed by atoms with Gasteiger partial charge in [-0.1, -0.05) is 43.7 Å². The molecule has 4 heteroatoms. The number of nitrogens with zero attached hydrogens (tertiary/aromatic N) is 4. The van der Waals surface area contributed by atoms with Crippen LogP contribution in [0.4, 0.5) is 0 Å². The van der Waals surface area contributed by atoms with Gasteiger partial charge in [0.1, 0.15) is 0 Å². The van der Waals surface area contributed by atoms with Gasteiger partial charge in [-0.2, -0.15) is 10.2 Å². The molecule has 0 aliphatic rings. The first kappa shape index (κ1) is 17.0. The van der Waals surface area contributed by atoms with E-state index in [9.17, 15) is 0 Å². The van der Waals surface area contributed by atoms with E-state index >= 15 is 0 Å². The lowest BCUT2D eigenvalue weighted by Gasteiger charge is -2.05. The van der Waals surface area contributed by atoms with Gasteiger partial charge in [-0.25, -0.2) is 0 Å². The Morgan fingerprint density at radius 3 is 2.60 bits per heavy atom. The van der Waals surface area contributed by atoms with Crippen LogP contribution < -0.4 is 0 Å². The van der Waals surface area contributed by atoms with Crippen LogP contribution >= 0.6 is 0 Å². The highest BCUT2D eigenvalue weighted by atomic mass is 15.2. The highest BCUT2D eigenvalue weighted by Gasteiger charge is 2.05. The maximum absolute atomic E-state index is 4.74. The van der Waals surface area contributed by atoms with Crippen molar-refractivity contribution in [1.82, 2.24) is 9.97 Å². The highest BCUT2D eigenvalue weighted by Crippen LogP contribution is 2.13. The molecule has 0 amide bonds. The van der Waals surface area contributed by atoms with Gasteiger partial charge in [0.2, 0.25) is 0 Å². The van der Waals surface area contributed by atoms with Gasteiger partial charge in [0.15, 0.2) is 0 Å². The van der Waals surface area contributed by atoms with Crippen LogP contribution in [0.15, 0.2) is 71.0 Å². The van der Waals surface area contributed by atoms with E-state index in [0.29, 0.717) is 0 Å². The predicted molar refractivity (Wildman–Crippen MR) is 104 cm³/mol. The van der Waals surface area contributed by atoms with Crippen LogP contribution in [-0.2, 0) is 6.42 Å². The summed E-state index contributed by atoms with van der Waals surface area (Å²) in [5, 5.41) is 10.0.